The fourth-order valence-electron chi connectivity index (χ4n) is 9.65. The van der Waals surface area contributed by atoms with Gasteiger partial charge in [0, 0.05) is 120 Å². The third kappa shape index (κ3) is 11.2. The van der Waals surface area contributed by atoms with Crippen molar-refractivity contribution >= 4 is 67.6 Å². The smallest absolute Gasteiger partial charge is 0.137 e. The summed E-state index contributed by atoms with van der Waals surface area (Å²) in [5.41, 5.74) is 7.09. The summed E-state index contributed by atoms with van der Waals surface area (Å²) in [6.07, 6.45) is 7.08. The van der Waals surface area contributed by atoms with E-state index in [0.717, 1.165) is 143 Å². The number of hydrogen-bond acceptors (Lipinski definition) is 14. The standard InChI is InChI=1S/C28H36F2N6O.C23H26F2N6O/c1-19-26(32-21-15-22(17-31-16-21)35-9-11-37-12-10-35)25-23(30)13-20(29)14-24(25)33-27(19)36-7-5-34(6-8-36)18-28(2,3)4;1-15-22(28-17-12-18(14-27-13-17)30-6-8-32-9-7-30)21-19(25)10-16(24)11-20(21)29-23(15)31-4-2-26-3-5-31/h13-17H,5-12,18H2,1-4H3,(H,32,33);10-14,26H,2-9H2,1H3,(H,28,29). The van der Waals surface area contributed by atoms with Crippen LogP contribution in [0.5, 0.6) is 0 Å². The molecule has 4 aromatic heterocycles. The van der Waals surface area contributed by atoms with Crippen LogP contribution in [0, 0.1) is 42.5 Å². The van der Waals surface area contributed by atoms with E-state index in [4.69, 9.17) is 14.5 Å². The van der Waals surface area contributed by atoms with Gasteiger partial charge in [0.1, 0.15) is 34.9 Å². The zero-order valence-corrected chi connectivity index (χ0v) is 40.1. The van der Waals surface area contributed by atoms with E-state index in [1.165, 1.54) is 12.1 Å². The molecular weight excluding hydrogens is 889 g/mol. The van der Waals surface area contributed by atoms with Crippen molar-refractivity contribution in [2.24, 2.45) is 5.41 Å². The molecule has 0 saturated carbocycles. The number of hydrogen-bond donors (Lipinski definition) is 3. The van der Waals surface area contributed by atoms with Crippen molar-refractivity contribution in [2.75, 3.05) is 142 Å². The highest BCUT2D eigenvalue weighted by Crippen LogP contribution is 2.39. The largest absolute Gasteiger partial charge is 0.378 e. The molecule has 2 aromatic carbocycles. The molecule has 0 amide bonds. The monoisotopic (exact) mass is 951 g/mol. The van der Waals surface area contributed by atoms with E-state index in [9.17, 15) is 13.2 Å². The Morgan fingerprint density at radius 3 is 1.42 bits per heavy atom. The number of ether oxygens (including phenoxy) is 2. The summed E-state index contributed by atoms with van der Waals surface area (Å²) in [5, 5.41) is 10.7. The Balaban J connectivity index is 0.000000174. The van der Waals surface area contributed by atoms with E-state index in [2.05, 4.69) is 76.2 Å². The third-order valence-corrected chi connectivity index (χ3v) is 13.0. The van der Waals surface area contributed by atoms with Crippen LogP contribution in [0.25, 0.3) is 21.8 Å². The molecule has 18 heteroatoms. The van der Waals surface area contributed by atoms with Gasteiger partial charge in [-0.25, -0.2) is 27.5 Å². The number of halogens is 4. The van der Waals surface area contributed by atoms with Crippen molar-refractivity contribution in [3.05, 3.63) is 95.6 Å². The van der Waals surface area contributed by atoms with Crippen molar-refractivity contribution in [3.63, 3.8) is 0 Å². The molecule has 14 nitrogen and oxygen atoms in total. The molecule has 3 N–H and O–H groups in total. The molecule has 6 aromatic rings. The fraction of sp³-hybridized carbons (Fsp3) is 0.451. The van der Waals surface area contributed by atoms with Gasteiger partial charge < -0.3 is 45.0 Å². The van der Waals surface area contributed by atoms with Crippen molar-refractivity contribution in [1.82, 2.24) is 30.2 Å². The molecule has 0 unspecified atom stereocenters. The summed E-state index contributed by atoms with van der Waals surface area (Å²) < 4.78 is 69.3. The van der Waals surface area contributed by atoms with Gasteiger partial charge >= 0.3 is 0 Å². The number of rotatable bonds is 9. The quantitative estimate of drug-likeness (QED) is 0.121. The highest BCUT2D eigenvalue weighted by Gasteiger charge is 2.27. The van der Waals surface area contributed by atoms with Crippen LogP contribution >= 0.6 is 0 Å². The van der Waals surface area contributed by atoms with E-state index in [1.807, 2.05) is 38.4 Å². The lowest BCUT2D eigenvalue weighted by Gasteiger charge is -2.39. The Labute approximate surface area is 401 Å². The summed E-state index contributed by atoms with van der Waals surface area (Å²) in [7, 11) is 0. The van der Waals surface area contributed by atoms with Gasteiger partial charge in [-0.1, -0.05) is 20.8 Å². The lowest BCUT2D eigenvalue weighted by atomic mass is 9.96. The van der Waals surface area contributed by atoms with Crippen LogP contribution in [0.4, 0.5) is 63.3 Å². The molecule has 8 heterocycles. The summed E-state index contributed by atoms with van der Waals surface area (Å²) in [5.74, 6) is -1.05. The molecule has 0 radical (unpaired) electrons. The number of benzene rings is 2. The number of fused-ring (bicyclic) bond motifs is 2. The maximum atomic E-state index is 15.2. The Morgan fingerprint density at radius 2 is 0.986 bits per heavy atom. The third-order valence-electron chi connectivity index (χ3n) is 13.0. The number of anilines is 8. The molecule has 4 aliphatic rings. The summed E-state index contributed by atoms with van der Waals surface area (Å²) >= 11 is 0. The number of nitrogens with zero attached hydrogens (tertiary/aromatic N) is 9. The van der Waals surface area contributed by atoms with E-state index in [0.29, 0.717) is 48.8 Å². The van der Waals surface area contributed by atoms with E-state index >= 15 is 4.39 Å². The van der Waals surface area contributed by atoms with Crippen LogP contribution in [-0.2, 0) is 9.47 Å². The molecule has 0 atom stereocenters. The lowest BCUT2D eigenvalue weighted by Crippen LogP contribution is -2.49. The molecule has 10 rings (SSSR count). The van der Waals surface area contributed by atoms with Gasteiger partial charge in [-0.05, 0) is 31.4 Å². The SMILES string of the molecule is Cc1c(N2CCN(CC(C)(C)C)CC2)nc2cc(F)cc(F)c2c1Nc1cncc(N2CCOCC2)c1.Cc1c(N2CCNCC2)nc2cc(F)cc(F)c2c1Nc1cncc(N2CCOCC2)c1. The van der Waals surface area contributed by atoms with E-state index in [-0.39, 0.29) is 16.2 Å². The minimum atomic E-state index is -0.639. The minimum absolute atomic E-state index is 0.231. The summed E-state index contributed by atoms with van der Waals surface area (Å²) in [4.78, 5) is 29.5. The van der Waals surface area contributed by atoms with Crippen molar-refractivity contribution in [2.45, 2.75) is 34.6 Å². The van der Waals surface area contributed by atoms with E-state index in [1.54, 1.807) is 12.4 Å². The van der Waals surface area contributed by atoms with Gasteiger partial charge in [0.05, 0.1) is 107 Å². The lowest BCUT2D eigenvalue weighted by molar-refractivity contribution is 0.122. The Morgan fingerprint density at radius 1 is 0.551 bits per heavy atom. The normalized spacial score (nSPS) is 17.3. The van der Waals surface area contributed by atoms with E-state index < -0.39 is 23.3 Å². The molecule has 69 heavy (non-hydrogen) atoms. The number of morpholine rings is 2. The zero-order chi connectivity index (χ0) is 48.2. The number of pyridine rings is 4. The maximum Gasteiger partial charge on any atom is 0.137 e. The molecule has 0 spiro atoms. The Bertz CT molecular complexity index is 2770. The molecule has 4 fully saturated rings. The highest BCUT2D eigenvalue weighted by molar-refractivity contribution is 5.99. The zero-order valence-electron chi connectivity index (χ0n) is 40.1. The topological polar surface area (TPSA) is 122 Å². The van der Waals surface area contributed by atoms with Crippen molar-refractivity contribution in [1.29, 1.82) is 0 Å². The number of piperazine rings is 2. The first-order chi connectivity index (χ1) is 33.3. The van der Waals surface area contributed by atoms with Gasteiger partial charge in [-0.3, -0.25) is 14.9 Å². The second-order valence-corrected chi connectivity index (χ2v) is 19.3. The number of aromatic nitrogens is 4. The van der Waals surface area contributed by atoms with Crippen LogP contribution < -0.4 is 35.6 Å². The molecule has 4 aliphatic heterocycles. The predicted molar refractivity (Wildman–Crippen MR) is 267 cm³/mol. The van der Waals surface area contributed by atoms with Crippen molar-refractivity contribution in [3.8, 4) is 0 Å². The predicted octanol–water partition coefficient (Wildman–Crippen LogP) is 8.17. The second kappa shape index (κ2) is 20.9. The van der Waals surface area contributed by atoms with Gasteiger partial charge in [-0.2, -0.15) is 0 Å². The van der Waals surface area contributed by atoms with Crippen molar-refractivity contribution < 1.29 is 27.0 Å². The first-order valence-electron chi connectivity index (χ1n) is 23.9. The Kier molecular flexibility index (Phi) is 14.5. The van der Waals surface area contributed by atoms with Crippen LogP contribution in [0.15, 0.2) is 61.2 Å². The summed E-state index contributed by atoms with van der Waals surface area (Å²) in [6, 6.07) is 8.43. The average Bonchev–Trinajstić information content (AvgIpc) is 3.34. The fourth-order valence-corrected chi connectivity index (χ4v) is 9.65. The van der Waals surface area contributed by atoms with Gasteiger partial charge in [0.15, 0.2) is 0 Å². The Hall–Kier alpha value is -6.08. The van der Waals surface area contributed by atoms with Gasteiger partial charge in [-0.15, -0.1) is 0 Å². The van der Waals surface area contributed by atoms with Crippen LogP contribution in [0.2, 0.25) is 0 Å². The summed E-state index contributed by atoms with van der Waals surface area (Å²) in [6.45, 7) is 24.2. The molecule has 0 aliphatic carbocycles. The average molecular weight is 951 g/mol. The highest BCUT2D eigenvalue weighted by atomic mass is 19.1. The van der Waals surface area contributed by atoms with Crippen LogP contribution in [0.3, 0.4) is 0 Å². The minimum Gasteiger partial charge on any atom is -0.378 e. The first-order valence-corrected chi connectivity index (χ1v) is 23.9. The van der Waals surface area contributed by atoms with Crippen LogP contribution in [-0.4, -0.2) is 136 Å². The first kappa shape index (κ1) is 48.0. The molecular formula is C51H62F4N12O2. The molecule has 0 bridgehead atoms. The van der Waals surface area contributed by atoms with Crippen LogP contribution in [0.1, 0.15) is 31.9 Å². The molecule has 366 valence electrons. The molecule has 4 saturated heterocycles. The van der Waals surface area contributed by atoms with Gasteiger partial charge in [0.25, 0.3) is 0 Å². The number of nitrogens with one attached hydrogen (secondary N) is 3. The second-order valence-electron chi connectivity index (χ2n) is 19.3. The maximum absolute atomic E-state index is 15.2. The van der Waals surface area contributed by atoms with Gasteiger partial charge in [0.2, 0.25) is 0 Å².